The third-order valence-corrected chi connectivity index (χ3v) is 3.12. The van der Waals surface area contributed by atoms with E-state index in [1.165, 1.54) is 7.11 Å². The zero-order valence-corrected chi connectivity index (χ0v) is 12.4. The molecule has 2 aromatic rings. The molecule has 0 spiro atoms. The van der Waals surface area contributed by atoms with E-state index in [1.54, 1.807) is 18.2 Å². The van der Waals surface area contributed by atoms with Gasteiger partial charge in [-0.15, -0.1) is 0 Å². The van der Waals surface area contributed by atoms with E-state index in [9.17, 15) is 13.6 Å². The highest BCUT2D eigenvalue weighted by atomic mass is 79.9. The Bertz CT molecular complexity index is 684. The molecular weight excluding hydrogens is 348 g/mol. The lowest BCUT2D eigenvalue weighted by molar-refractivity contribution is 0.0696. The maximum Gasteiger partial charge on any atom is 0.335 e. The molecule has 0 saturated carbocycles. The number of hydrogen-bond acceptors (Lipinski definition) is 3. The van der Waals surface area contributed by atoms with Crippen LogP contribution in [0.1, 0.15) is 10.4 Å². The standard InChI is InChI=1S/C14H10BrF2NO3/c1-21-10-5-8(15)4-9(6-10)18-13-11(16)2-7(14(19)20)3-12(13)17/h2-6,18H,1H3,(H,19,20). The highest BCUT2D eigenvalue weighted by Gasteiger charge is 2.15. The Kier molecular flexibility index (Phi) is 4.42. The fraction of sp³-hybridized carbons (Fsp3) is 0.0714. The lowest BCUT2D eigenvalue weighted by Gasteiger charge is -2.11. The van der Waals surface area contributed by atoms with Gasteiger partial charge in [0.25, 0.3) is 0 Å². The van der Waals surface area contributed by atoms with Gasteiger partial charge in [0.2, 0.25) is 0 Å². The number of hydrogen-bond donors (Lipinski definition) is 2. The number of aromatic carboxylic acids is 1. The van der Waals surface area contributed by atoms with Crippen molar-refractivity contribution in [3.8, 4) is 5.75 Å². The number of carboxylic acids is 1. The molecule has 0 atom stereocenters. The van der Waals surface area contributed by atoms with Crippen LogP contribution in [0.2, 0.25) is 0 Å². The summed E-state index contributed by atoms with van der Waals surface area (Å²) in [6.45, 7) is 0. The van der Waals surface area contributed by atoms with Crippen LogP contribution in [0, 0.1) is 11.6 Å². The predicted molar refractivity (Wildman–Crippen MR) is 77.3 cm³/mol. The van der Waals surface area contributed by atoms with E-state index in [-0.39, 0.29) is 0 Å². The second kappa shape index (κ2) is 6.09. The van der Waals surface area contributed by atoms with E-state index in [0.717, 1.165) is 12.1 Å². The van der Waals surface area contributed by atoms with Crippen LogP contribution in [0.15, 0.2) is 34.8 Å². The van der Waals surface area contributed by atoms with Crippen LogP contribution in [-0.4, -0.2) is 18.2 Å². The summed E-state index contributed by atoms with van der Waals surface area (Å²) in [5.41, 5.74) is -0.496. The number of ether oxygens (including phenoxy) is 1. The summed E-state index contributed by atoms with van der Waals surface area (Å²) in [5, 5.41) is 11.3. The summed E-state index contributed by atoms with van der Waals surface area (Å²) in [5.74, 6) is -2.89. The number of anilines is 2. The zero-order valence-electron chi connectivity index (χ0n) is 10.8. The first-order chi connectivity index (χ1) is 9.90. The van der Waals surface area contributed by atoms with E-state index in [2.05, 4.69) is 21.2 Å². The number of benzene rings is 2. The summed E-state index contributed by atoms with van der Waals surface area (Å²) < 4.78 is 33.4. The van der Waals surface area contributed by atoms with Crippen molar-refractivity contribution < 1.29 is 23.4 Å². The van der Waals surface area contributed by atoms with Crippen LogP contribution < -0.4 is 10.1 Å². The van der Waals surface area contributed by atoms with Gasteiger partial charge in [0.05, 0.1) is 12.7 Å². The first-order valence-electron chi connectivity index (χ1n) is 5.74. The molecule has 0 fully saturated rings. The lowest BCUT2D eigenvalue weighted by Crippen LogP contribution is -2.03. The number of nitrogens with one attached hydrogen (secondary N) is 1. The predicted octanol–water partition coefficient (Wildman–Crippen LogP) is 4.18. The average Bonchev–Trinajstić information content (AvgIpc) is 2.41. The smallest absolute Gasteiger partial charge is 0.335 e. The molecule has 0 heterocycles. The van der Waals surface area contributed by atoms with Crippen molar-refractivity contribution >= 4 is 33.3 Å². The summed E-state index contributed by atoms with van der Waals surface area (Å²) in [4.78, 5) is 10.7. The maximum atomic E-state index is 13.8. The van der Waals surface area contributed by atoms with Gasteiger partial charge in [-0.1, -0.05) is 15.9 Å². The zero-order chi connectivity index (χ0) is 15.6. The Labute approximate surface area is 127 Å². The van der Waals surface area contributed by atoms with Crippen LogP contribution in [0.25, 0.3) is 0 Å². The lowest BCUT2D eigenvalue weighted by atomic mass is 10.1. The van der Waals surface area contributed by atoms with Crippen LogP contribution in [0.4, 0.5) is 20.2 Å². The molecular formula is C14H10BrF2NO3. The largest absolute Gasteiger partial charge is 0.497 e. The Hall–Kier alpha value is -2.15. The average molecular weight is 358 g/mol. The normalized spacial score (nSPS) is 10.3. The van der Waals surface area contributed by atoms with Crippen LogP contribution in [0.3, 0.4) is 0 Å². The van der Waals surface area contributed by atoms with Crippen molar-refractivity contribution in [1.29, 1.82) is 0 Å². The van der Waals surface area contributed by atoms with Gasteiger partial charge in [-0.05, 0) is 24.3 Å². The molecule has 2 rings (SSSR count). The highest BCUT2D eigenvalue weighted by molar-refractivity contribution is 9.10. The van der Waals surface area contributed by atoms with Gasteiger partial charge in [-0.25, -0.2) is 13.6 Å². The van der Waals surface area contributed by atoms with Gasteiger partial charge in [-0.3, -0.25) is 0 Å². The number of methoxy groups -OCH3 is 1. The van der Waals surface area contributed by atoms with Crippen LogP contribution >= 0.6 is 15.9 Å². The molecule has 0 saturated heterocycles. The maximum absolute atomic E-state index is 13.8. The second-order valence-corrected chi connectivity index (χ2v) is 5.04. The molecule has 0 bridgehead atoms. The van der Waals surface area contributed by atoms with Crippen molar-refractivity contribution in [3.05, 3.63) is 52.0 Å². The van der Waals surface area contributed by atoms with Crippen LogP contribution in [-0.2, 0) is 0 Å². The SMILES string of the molecule is COc1cc(Br)cc(Nc2c(F)cc(C(=O)O)cc2F)c1. The second-order valence-electron chi connectivity index (χ2n) is 4.12. The Morgan fingerprint density at radius 1 is 1.19 bits per heavy atom. The monoisotopic (exact) mass is 357 g/mol. The van der Waals surface area contributed by atoms with Crippen molar-refractivity contribution in [1.82, 2.24) is 0 Å². The highest BCUT2D eigenvalue weighted by Crippen LogP contribution is 2.29. The minimum Gasteiger partial charge on any atom is -0.497 e. The summed E-state index contributed by atoms with van der Waals surface area (Å²) in [7, 11) is 1.47. The molecule has 7 heteroatoms. The Balaban J connectivity index is 2.40. The summed E-state index contributed by atoms with van der Waals surface area (Å²) >= 11 is 3.25. The number of rotatable bonds is 4. The molecule has 0 aliphatic carbocycles. The van der Waals surface area contributed by atoms with Gasteiger partial charge >= 0.3 is 5.97 Å². The Morgan fingerprint density at radius 2 is 1.81 bits per heavy atom. The molecule has 0 aliphatic rings. The van der Waals surface area contributed by atoms with E-state index < -0.39 is 28.9 Å². The van der Waals surface area contributed by atoms with Crippen molar-refractivity contribution in [3.63, 3.8) is 0 Å². The summed E-state index contributed by atoms with van der Waals surface area (Å²) in [6, 6.07) is 6.35. The molecule has 4 nitrogen and oxygen atoms in total. The molecule has 2 aromatic carbocycles. The van der Waals surface area contributed by atoms with E-state index in [4.69, 9.17) is 9.84 Å². The molecule has 0 aliphatic heterocycles. The molecule has 110 valence electrons. The van der Waals surface area contributed by atoms with Crippen molar-refractivity contribution in [2.75, 3.05) is 12.4 Å². The van der Waals surface area contributed by atoms with Gasteiger partial charge in [0, 0.05) is 16.2 Å². The van der Waals surface area contributed by atoms with Gasteiger partial charge < -0.3 is 15.2 Å². The van der Waals surface area contributed by atoms with Crippen molar-refractivity contribution in [2.45, 2.75) is 0 Å². The first-order valence-corrected chi connectivity index (χ1v) is 6.54. The Morgan fingerprint density at radius 3 is 2.33 bits per heavy atom. The molecule has 21 heavy (non-hydrogen) atoms. The number of halogens is 3. The van der Waals surface area contributed by atoms with Crippen LogP contribution in [0.5, 0.6) is 5.75 Å². The minimum atomic E-state index is -1.40. The summed E-state index contributed by atoms with van der Waals surface area (Å²) in [6.07, 6.45) is 0. The van der Waals surface area contributed by atoms with Gasteiger partial charge in [0.15, 0.2) is 11.6 Å². The molecule has 2 N–H and O–H groups in total. The molecule has 0 aromatic heterocycles. The third-order valence-electron chi connectivity index (χ3n) is 2.67. The number of carbonyl (C=O) groups is 1. The van der Waals surface area contributed by atoms with E-state index >= 15 is 0 Å². The van der Waals surface area contributed by atoms with Crippen molar-refractivity contribution in [2.24, 2.45) is 0 Å². The van der Waals surface area contributed by atoms with E-state index in [1.807, 2.05) is 0 Å². The first kappa shape index (κ1) is 15.2. The fourth-order valence-corrected chi connectivity index (χ4v) is 2.19. The quantitative estimate of drug-likeness (QED) is 0.861. The fourth-order valence-electron chi connectivity index (χ4n) is 1.71. The topological polar surface area (TPSA) is 58.6 Å². The third kappa shape index (κ3) is 3.49. The van der Waals surface area contributed by atoms with E-state index in [0.29, 0.717) is 15.9 Å². The van der Waals surface area contributed by atoms with Gasteiger partial charge in [0.1, 0.15) is 11.4 Å². The van der Waals surface area contributed by atoms with Gasteiger partial charge in [-0.2, -0.15) is 0 Å². The molecule has 0 amide bonds. The molecule has 0 radical (unpaired) electrons. The number of carboxylic acid groups (broad SMARTS) is 1. The minimum absolute atomic E-state index is 0.391. The molecule has 0 unspecified atom stereocenters.